The van der Waals surface area contributed by atoms with Gasteiger partial charge in [0.1, 0.15) is 12.3 Å². The number of hydrogen-bond acceptors (Lipinski definition) is 4. The number of carbonyl (C=O) groups is 1. The summed E-state index contributed by atoms with van der Waals surface area (Å²) in [4.78, 5) is 16.4. The van der Waals surface area contributed by atoms with Crippen LogP contribution in [-0.2, 0) is 14.3 Å². The lowest BCUT2D eigenvalue weighted by Crippen LogP contribution is -2.13. The number of hydrogen-bond donors (Lipinski definition) is 0. The maximum Gasteiger partial charge on any atom is 0.144 e. The smallest absolute Gasteiger partial charge is 0.144 e. The molecular formula is C25H31NO3. The number of methoxy groups -OCH3 is 1. The fourth-order valence-corrected chi connectivity index (χ4v) is 2.94. The molecule has 4 heteroatoms. The van der Waals surface area contributed by atoms with Crippen molar-refractivity contribution in [3.63, 3.8) is 0 Å². The fourth-order valence-electron chi connectivity index (χ4n) is 2.94. The predicted octanol–water partition coefficient (Wildman–Crippen LogP) is 4.87. The Labute approximate surface area is 174 Å². The molecule has 0 radical (unpaired) electrons. The van der Waals surface area contributed by atoms with E-state index in [9.17, 15) is 4.79 Å². The van der Waals surface area contributed by atoms with Gasteiger partial charge in [-0.15, -0.1) is 0 Å². The van der Waals surface area contributed by atoms with Crippen LogP contribution in [0.2, 0.25) is 0 Å². The van der Waals surface area contributed by atoms with E-state index in [0.717, 1.165) is 55.8 Å². The summed E-state index contributed by atoms with van der Waals surface area (Å²) in [7, 11) is 1.68. The van der Waals surface area contributed by atoms with Gasteiger partial charge < -0.3 is 14.3 Å². The van der Waals surface area contributed by atoms with E-state index in [0.29, 0.717) is 6.42 Å². The van der Waals surface area contributed by atoms with Gasteiger partial charge in [0.05, 0.1) is 18.9 Å². The SMILES string of the molecule is CCOC.O=CC(CC=C1CCOCC1)N=C(c1ccccc1)c1ccccc1. The Morgan fingerprint density at radius 2 is 1.55 bits per heavy atom. The quantitative estimate of drug-likeness (QED) is 0.383. The van der Waals surface area contributed by atoms with Gasteiger partial charge in [0.25, 0.3) is 0 Å². The highest BCUT2D eigenvalue weighted by atomic mass is 16.5. The molecule has 29 heavy (non-hydrogen) atoms. The van der Waals surface area contributed by atoms with E-state index in [2.05, 4.69) is 10.8 Å². The maximum absolute atomic E-state index is 11.6. The Morgan fingerprint density at radius 3 is 2.00 bits per heavy atom. The second-order valence-electron chi connectivity index (χ2n) is 6.70. The first-order valence-corrected chi connectivity index (χ1v) is 10.2. The van der Waals surface area contributed by atoms with E-state index in [1.54, 1.807) is 7.11 Å². The number of ether oxygens (including phenoxy) is 2. The summed E-state index contributed by atoms with van der Waals surface area (Å²) in [5.41, 5.74) is 4.29. The molecule has 2 aromatic rings. The van der Waals surface area contributed by atoms with E-state index >= 15 is 0 Å². The van der Waals surface area contributed by atoms with E-state index in [4.69, 9.17) is 9.73 Å². The van der Waals surface area contributed by atoms with Crippen LogP contribution in [0, 0.1) is 0 Å². The summed E-state index contributed by atoms with van der Waals surface area (Å²) in [6, 6.07) is 19.7. The molecular weight excluding hydrogens is 362 g/mol. The van der Waals surface area contributed by atoms with Crippen molar-refractivity contribution in [1.82, 2.24) is 0 Å². The van der Waals surface area contributed by atoms with Gasteiger partial charge in [-0.25, -0.2) is 0 Å². The number of nitrogens with zero attached hydrogens (tertiary/aromatic N) is 1. The predicted molar refractivity (Wildman–Crippen MR) is 119 cm³/mol. The van der Waals surface area contributed by atoms with Gasteiger partial charge >= 0.3 is 0 Å². The molecule has 1 aliphatic rings. The minimum atomic E-state index is -0.370. The molecule has 1 aliphatic heterocycles. The molecule has 0 saturated carbocycles. The van der Waals surface area contributed by atoms with E-state index in [1.807, 2.05) is 67.6 Å². The Kier molecular flexibility index (Phi) is 10.6. The van der Waals surface area contributed by atoms with Gasteiger partial charge in [0.15, 0.2) is 0 Å². The van der Waals surface area contributed by atoms with Crippen LogP contribution in [-0.4, -0.2) is 45.0 Å². The fraction of sp³-hybridized carbons (Fsp3) is 0.360. The summed E-state index contributed by atoms with van der Waals surface area (Å²) in [5, 5.41) is 0. The highest BCUT2D eigenvalue weighted by Crippen LogP contribution is 2.17. The highest BCUT2D eigenvalue weighted by Gasteiger charge is 2.12. The minimum Gasteiger partial charge on any atom is -0.385 e. The molecule has 1 heterocycles. The first-order valence-electron chi connectivity index (χ1n) is 10.2. The summed E-state index contributed by atoms with van der Waals surface area (Å²) in [6.45, 7) is 4.33. The molecule has 0 aromatic heterocycles. The molecule has 3 rings (SSSR count). The lowest BCUT2D eigenvalue weighted by molar-refractivity contribution is -0.108. The minimum absolute atomic E-state index is 0.370. The summed E-state index contributed by atoms with van der Waals surface area (Å²) in [6.07, 6.45) is 5.67. The summed E-state index contributed by atoms with van der Waals surface area (Å²) in [5.74, 6) is 0. The van der Waals surface area contributed by atoms with Crippen LogP contribution in [0.25, 0.3) is 0 Å². The first-order chi connectivity index (χ1) is 14.3. The Bertz CT molecular complexity index is 718. The number of aliphatic imine (C=N–C) groups is 1. The second-order valence-corrected chi connectivity index (χ2v) is 6.70. The van der Waals surface area contributed by atoms with Crippen molar-refractivity contribution in [3.8, 4) is 0 Å². The van der Waals surface area contributed by atoms with Gasteiger partial charge in [-0.05, 0) is 26.2 Å². The zero-order valence-corrected chi connectivity index (χ0v) is 17.4. The molecule has 0 bridgehead atoms. The largest absolute Gasteiger partial charge is 0.385 e. The van der Waals surface area contributed by atoms with Crippen LogP contribution in [0.4, 0.5) is 0 Å². The molecule has 1 saturated heterocycles. The Morgan fingerprint density at radius 1 is 1.03 bits per heavy atom. The van der Waals surface area contributed by atoms with Gasteiger partial charge in [0.2, 0.25) is 0 Å². The molecule has 1 fully saturated rings. The van der Waals surface area contributed by atoms with Gasteiger partial charge in [0, 0.05) is 24.8 Å². The van der Waals surface area contributed by atoms with Crippen LogP contribution in [0.15, 0.2) is 77.3 Å². The third kappa shape index (κ3) is 8.14. The van der Waals surface area contributed by atoms with Gasteiger partial charge in [-0.2, -0.15) is 0 Å². The summed E-state index contributed by atoms with van der Waals surface area (Å²) >= 11 is 0. The molecule has 4 nitrogen and oxygen atoms in total. The van der Waals surface area contributed by atoms with Gasteiger partial charge in [-0.3, -0.25) is 4.99 Å². The second kappa shape index (κ2) is 13.6. The third-order valence-corrected chi connectivity index (χ3v) is 4.62. The van der Waals surface area contributed by atoms with Crippen LogP contribution >= 0.6 is 0 Å². The van der Waals surface area contributed by atoms with Crippen molar-refractivity contribution in [2.75, 3.05) is 26.9 Å². The zero-order valence-electron chi connectivity index (χ0n) is 17.4. The maximum atomic E-state index is 11.6. The molecule has 2 aromatic carbocycles. The van der Waals surface area contributed by atoms with E-state index < -0.39 is 0 Å². The molecule has 1 unspecified atom stereocenters. The monoisotopic (exact) mass is 393 g/mol. The van der Waals surface area contributed by atoms with Crippen molar-refractivity contribution in [1.29, 1.82) is 0 Å². The topological polar surface area (TPSA) is 47.9 Å². The Balaban J connectivity index is 0.000000687. The zero-order chi connectivity index (χ0) is 20.7. The van der Waals surface area contributed by atoms with E-state index in [1.165, 1.54) is 5.57 Å². The number of aldehydes is 1. The average molecular weight is 394 g/mol. The molecule has 0 N–H and O–H groups in total. The lowest BCUT2D eigenvalue weighted by Gasteiger charge is -2.15. The lowest BCUT2D eigenvalue weighted by atomic mass is 10.0. The molecule has 1 atom stereocenters. The molecule has 0 aliphatic carbocycles. The van der Waals surface area contributed by atoms with Crippen molar-refractivity contribution in [3.05, 3.63) is 83.4 Å². The molecule has 0 spiro atoms. The third-order valence-electron chi connectivity index (χ3n) is 4.62. The van der Waals surface area contributed by atoms with Crippen molar-refractivity contribution in [2.24, 2.45) is 4.99 Å². The van der Waals surface area contributed by atoms with Crippen LogP contribution in [0.5, 0.6) is 0 Å². The van der Waals surface area contributed by atoms with E-state index in [-0.39, 0.29) is 6.04 Å². The standard InChI is InChI=1S/C22H23NO2.C3H8O/c24-17-21(12-11-18-13-15-25-16-14-18)23-22(19-7-3-1-4-8-19)20-9-5-2-6-10-20;1-3-4-2/h1-11,17,21H,12-16H2;3H2,1-2H3. The normalized spacial score (nSPS) is 14.2. The van der Waals surface area contributed by atoms with Crippen LogP contribution in [0.3, 0.4) is 0 Å². The first kappa shape index (κ1) is 22.7. The van der Waals surface area contributed by atoms with Crippen molar-refractivity contribution < 1.29 is 14.3 Å². The van der Waals surface area contributed by atoms with Crippen molar-refractivity contribution in [2.45, 2.75) is 32.2 Å². The van der Waals surface area contributed by atoms with Crippen LogP contribution in [0.1, 0.15) is 37.3 Å². The average Bonchev–Trinajstić information content (AvgIpc) is 2.81. The Hall–Kier alpha value is -2.56. The van der Waals surface area contributed by atoms with Gasteiger partial charge in [-0.1, -0.05) is 72.3 Å². The molecule has 0 amide bonds. The highest BCUT2D eigenvalue weighted by molar-refractivity contribution is 6.13. The summed E-state index contributed by atoms with van der Waals surface area (Å²) < 4.78 is 9.92. The number of rotatable bonds is 7. The number of benzene rings is 2. The van der Waals surface area contributed by atoms with Crippen LogP contribution < -0.4 is 0 Å². The van der Waals surface area contributed by atoms with Crippen molar-refractivity contribution >= 4 is 12.0 Å². The molecule has 154 valence electrons. The number of carbonyl (C=O) groups excluding carboxylic acids is 1.